The minimum atomic E-state index is -0.454. The summed E-state index contributed by atoms with van der Waals surface area (Å²) in [4.78, 5) is 26.8. The topological polar surface area (TPSA) is 46.6 Å². The highest BCUT2D eigenvalue weighted by atomic mass is 16.5. The molecule has 27 heavy (non-hydrogen) atoms. The normalized spacial score (nSPS) is 16.7. The molecule has 3 aromatic carbocycles. The van der Waals surface area contributed by atoms with E-state index >= 15 is 0 Å². The summed E-state index contributed by atoms with van der Waals surface area (Å²) in [5.74, 6) is -0.339. The average Bonchev–Trinajstić information content (AvgIpc) is 3.03. The molecular formula is C23H21NO3. The predicted molar refractivity (Wildman–Crippen MR) is 106 cm³/mol. The van der Waals surface area contributed by atoms with E-state index in [1.807, 2.05) is 68.4 Å². The Bertz CT molecular complexity index is 1040. The zero-order chi connectivity index (χ0) is 19.0. The summed E-state index contributed by atoms with van der Waals surface area (Å²) < 4.78 is 5.57. The summed E-state index contributed by atoms with van der Waals surface area (Å²) in [6.07, 6.45) is 0.180. The Hall–Kier alpha value is -3.14. The van der Waals surface area contributed by atoms with Crippen molar-refractivity contribution >= 4 is 28.3 Å². The lowest BCUT2D eigenvalue weighted by Gasteiger charge is -2.19. The van der Waals surface area contributed by atoms with E-state index in [0.29, 0.717) is 12.3 Å². The van der Waals surface area contributed by atoms with E-state index in [0.717, 1.165) is 27.6 Å². The first-order chi connectivity index (χ1) is 13.0. The zero-order valence-electron chi connectivity index (χ0n) is 15.4. The molecule has 1 aliphatic rings. The molecule has 3 aromatic rings. The summed E-state index contributed by atoms with van der Waals surface area (Å²) in [5.41, 5.74) is 3.05. The number of hydrogen-bond donors (Lipinski definition) is 0. The van der Waals surface area contributed by atoms with E-state index in [1.54, 1.807) is 11.0 Å². The highest BCUT2D eigenvalue weighted by Gasteiger charge is 2.36. The van der Waals surface area contributed by atoms with E-state index in [4.69, 9.17) is 4.74 Å². The van der Waals surface area contributed by atoms with Crippen LogP contribution in [0, 0.1) is 19.8 Å². The monoisotopic (exact) mass is 359 g/mol. The minimum absolute atomic E-state index is 0.0394. The molecule has 0 aromatic heterocycles. The van der Waals surface area contributed by atoms with Crippen molar-refractivity contribution in [3.8, 4) is 5.75 Å². The first-order valence-electron chi connectivity index (χ1n) is 9.09. The second-order valence-electron chi connectivity index (χ2n) is 7.13. The van der Waals surface area contributed by atoms with Crippen LogP contribution in [-0.2, 0) is 9.59 Å². The van der Waals surface area contributed by atoms with Gasteiger partial charge in [-0.1, -0.05) is 48.0 Å². The third kappa shape index (κ3) is 3.43. The fraction of sp³-hybridized carbons (Fsp3) is 0.217. The van der Waals surface area contributed by atoms with Gasteiger partial charge < -0.3 is 9.64 Å². The molecule has 0 radical (unpaired) electrons. The van der Waals surface area contributed by atoms with Gasteiger partial charge in [0.05, 0.1) is 5.92 Å². The number of carbonyl (C=O) groups excluding carboxylic acids is 2. The Balaban J connectivity index is 1.50. The maximum Gasteiger partial charge on any atom is 0.316 e. The molecule has 136 valence electrons. The van der Waals surface area contributed by atoms with E-state index in [2.05, 4.69) is 0 Å². The number of fused-ring (bicyclic) bond motifs is 1. The van der Waals surface area contributed by atoms with Gasteiger partial charge in [-0.05, 0) is 48.4 Å². The predicted octanol–water partition coefficient (Wildman–Crippen LogP) is 4.42. The summed E-state index contributed by atoms with van der Waals surface area (Å²) in [6, 6.07) is 19.5. The second kappa shape index (κ2) is 6.88. The van der Waals surface area contributed by atoms with E-state index in [-0.39, 0.29) is 18.3 Å². The van der Waals surface area contributed by atoms with E-state index in [9.17, 15) is 9.59 Å². The van der Waals surface area contributed by atoms with Gasteiger partial charge in [-0.2, -0.15) is 0 Å². The van der Waals surface area contributed by atoms with Crippen LogP contribution in [-0.4, -0.2) is 18.4 Å². The molecule has 1 heterocycles. The number of benzene rings is 3. The fourth-order valence-corrected chi connectivity index (χ4v) is 3.64. The van der Waals surface area contributed by atoms with Crippen LogP contribution < -0.4 is 9.64 Å². The SMILES string of the molecule is Cc1ccc(N2C[C@@H](C(=O)Oc3ccc4ccccc4c3)CC2=O)c(C)c1. The Morgan fingerprint density at radius 2 is 1.78 bits per heavy atom. The van der Waals surface area contributed by atoms with Gasteiger partial charge in [-0.25, -0.2) is 0 Å². The molecule has 0 spiro atoms. The van der Waals surface area contributed by atoms with Crippen LogP contribution in [0.3, 0.4) is 0 Å². The molecule has 4 nitrogen and oxygen atoms in total. The minimum Gasteiger partial charge on any atom is -0.426 e. The molecule has 4 rings (SSSR count). The number of anilines is 1. The number of rotatable bonds is 3. The van der Waals surface area contributed by atoms with Crippen molar-refractivity contribution < 1.29 is 14.3 Å². The van der Waals surface area contributed by atoms with Crippen LogP contribution in [0.4, 0.5) is 5.69 Å². The van der Waals surface area contributed by atoms with Crippen molar-refractivity contribution in [3.05, 3.63) is 71.8 Å². The van der Waals surface area contributed by atoms with Gasteiger partial charge in [0.15, 0.2) is 0 Å². The molecule has 1 fully saturated rings. The highest BCUT2D eigenvalue weighted by molar-refractivity contribution is 6.00. The van der Waals surface area contributed by atoms with Crippen molar-refractivity contribution in [2.45, 2.75) is 20.3 Å². The molecule has 0 unspecified atom stereocenters. The van der Waals surface area contributed by atoms with Gasteiger partial charge >= 0.3 is 5.97 Å². The largest absolute Gasteiger partial charge is 0.426 e. The number of esters is 1. The summed E-state index contributed by atoms with van der Waals surface area (Å²) in [6.45, 7) is 4.36. The lowest BCUT2D eigenvalue weighted by molar-refractivity contribution is -0.139. The summed E-state index contributed by atoms with van der Waals surface area (Å²) in [5, 5.41) is 2.11. The molecule has 1 amide bonds. The Morgan fingerprint density at radius 1 is 1.00 bits per heavy atom. The summed E-state index contributed by atoms with van der Waals surface area (Å²) >= 11 is 0. The maximum atomic E-state index is 12.6. The molecule has 0 aliphatic carbocycles. The molecule has 1 aliphatic heterocycles. The van der Waals surface area contributed by atoms with Gasteiger partial charge in [0.2, 0.25) is 5.91 Å². The molecule has 1 atom stereocenters. The quantitative estimate of drug-likeness (QED) is 0.514. The van der Waals surface area contributed by atoms with Crippen LogP contribution in [0.25, 0.3) is 10.8 Å². The van der Waals surface area contributed by atoms with Crippen LogP contribution in [0.15, 0.2) is 60.7 Å². The van der Waals surface area contributed by atoms with Crippen LogP contribution in [0.5, 0.6) is 5.75 Å². The Labute approximate surface area is 158 Å². The standard InChI is InChI=1S/C23H21NO3/c1-15-7-10-21(16(2)11-15)24-14-19(13-22(24)25)23(26)27-20-9-8-17-5-3-4-6-18(17)12-20/h3-12,19H,13-14H2,1-2H3/t19-/m0/s1. The van der Waals surface area contributed by atoms with Crippen LogP contribution in [0.1, 0.15) is 17.5 Å². The smallest absolute Gasteiger partial charge is 0.316 e. The highest BCUT2D eigenvalue weighted by Crippen LogP contribution is 2.30. The molecule has 1 saturated heterocycles. The number of carbonyl (C=O) groups is 2. The van der Waals surface area contributed by atoms with E-state index < -0.39 is 5.92 Å². The molecule has 4 heteroatoms. The molecular weight excluding hydrogens is 338 g/mol. The third-order valence-corrected chi connectivity index (χ3v) is 5.04. The number of nitrogens with zero attached hydrogens (tertiary/aromatic N) is 1. The fourth-order valence-electron chi connectivity index (χ4n) is 3.64. The van der Waals surface area contributed by atoms with Crippen molar-refractivity contribution in [1.82, 2.24) is 0 Å². The third-order valence-electron chi connectivity index (χ3n) is 5.04. The van der Waals surface area contributed by atoms with E-state index in [1.165, 1.54) is 0 Å². The second-order valence-corrected chi connectivity index (χ2v) is 7.13. The zero-order valence-corrected chi connectivity index (χ0v) is 15.4. The van der Waals surface area contributed by atoms with Crippen molar-refractivity contribution in [2.75, 3.05) is 11.4 Å². The van der Waals surface area contributed by atoms with Gasteiger partial charge in [0.1, 0.15) is 5.75 Å². The van der Waals surface area contributed by atoms with Crippen molar-refractivity contribution in [3.63, 3.8) is 0 Å². The van der Waals surface area contributed by atoms with Gasteiger partial charge in [-0.15, -0.1) is 0 Å². The number of amides is 1. The molecule has 0 bridgehead atoms. The maximum absolute atomic E-state index is 12.6. The Morgan fingerprint density at radius 3 is 2.56 bits per heavy atom. The number of ether oxygens (including phenoxy) is 1. The van der Waals surface area contributed by atoms with Gasteiger partial charge in [-0.3, -0.25) is 9.59 Å². The lowest BCUT2D eigenvalue weighted by atomic mass is 10.1. The molecule has 0 N–H and O–H groups in total. The summed E-state index contributed by atoms with van der Waals surface area (Å²) in [7, 11) is 0. The Kier molecular flexibility index (Phi) is 4.40. The first kappa shape index (κ1) is 17.3. The lowest BCUT2D eigenvalue weighted by Crippen LogP contribution is -2.27. The van der Waals surface area contributed by atoms with Crippen molar-refractivity contribution in [1.29, 1.82) is 0 Å². The number of aryl methyl sites for hydroxylation is 2. The first-order valence-corrected chi connectivity index (χ1v) is 9.09. The van der Waals surface area contributed by atoms with Gasteiger partial charge in [0, 0.05) is 18.7 Å². The molecule has 0 saturated carbocycles. The van der Waals surface area contributed by atoms with Gasteiger partial charge in [0.25, 0.3) is 0 Å². The van der Waals surface area contributed by atoms with Crippen LogP contribution in [0.2, 0.25) is 0 Å². The van der Waals surface area contributed by atoms with Crippen molar-refractivity contribution in [2.24, 2.45) is 5.92 Å². The van der Waals surface area contributed by atoms with Crippen LogP contribution >= 0.6 is 0 Å². The average molecular weight is 359 g/mol. The number of hydrogen-bond acceptors (Lipinski definition) is 3.